The maximum atomic E-state index is 11.2. The van der Waals surface area contributed by atoms with Gasteiger partial charge in [0.25, 0.3) is 5.08 Å². The molecule has 0 heterocycles. The summed E-state index contributed by atoms with van der Waals surface area (Å²) in [5.74, 6) is 0. The summed E-state index contributed by atoms with van der Waals surface area (Å²) >= 11 is 0. The van der Waals surface area contributed by atoms with Gasteiger partial charge in [0.15, 0.2) is 0 Å². The van der Waals surface area contributed by atoms with E-state index in [-0.39, 0.29) is 25.9 Å². The highest BCUT2D eigenvalue weighted by Crippen LogP contribution is 2.68. The Bertz CT molecular complexity index is 495. The molecule has 5 N–H and O–H groups in total. The second-order valence-corrected chi connectivity index (χ2v) is 8.20. The fraction of sp³-hybridized carbons (Fsp3) is 1.00. The van der Waals surface area contributed by atoms with E-state index in [1.54, 1.807) is 0 Å². The summed E-state index contributed by atoms with van der Waals surface area (Å²) in [7, 11) is -9.60. The van der Waals surface area contributed by atoms with Crippen molar-refractivity contribution in [3.8, 4) is 0 Å². The summed E-state index contributed by atoms with van der Waals surface area (Å²) < 4.78 is 58.4. The largest absolute Gasteiger partial charge is 0.369 e. The second kappa shape index (κ2) is 7.29. The molecular formula is C9H23NO7P2. The van der Waals surface area contributed by atoms with Crippen LogP contribution in [0.3, 0.4) is 0 Å². The first kappa shape index (κ1) is 11.8. The third-order valence-electron chi connectivity index (χ3n) is 2.60. The van der Waals surface area contributed by atoms with Crippen LogP contribution in [0.2, 0.25) is 0 Å². The molecule has 10 heteroatoms. The highest BCUT2D eigenvalue weighted by atomic mass is 31.2. The second-order valence-electron chi connectivity index (χ2n) is 4.20. The van der Waals surface area contributed by atoms with E-state index in [0.717, 1.165) is 0 Å². The smallest absolute Gasteiger partial charge is 0.367 e. The van der Waals surface area contributed by atoms with Crippen molar-refractivity contribution in [1.29, 1.82) is 0 Å². The van der Waals surface area contributed by atoms with E-state index >= 15 is 0 Å². The Balaban J connectivity index is 4.67. The zero-order valence-corrected chi connectivity index (χ0v) is 12.2. The van der Waals surface area contributed by atoms with Crippen LogP contribution in [0.5, 0.6) is 0 Å². The Labute approximate surface area is 119 Å². The molecule has 0 aliphatic carbocycles. The third-order valence-corrected chi connectivity index (χ3v) is 6.48. The molecule has 0 spiro atoms. The molecule has 8 nitrogen and oxygen atoms in total. The van der Waals surface area contributed by atoms with E-state index in [4.69, 9.17) is 26.4 Å². The minimum atomic E-state index is -5.51. The molecule has 0 saturated carbocycles. The van der Waals surface area contributed by atoms with E-state index in [9.17, 15) is 14.2 Å². The first-order valence-corrected chi connectivity index (χ1v) is 8.60. The molecule has 0 aliphatic heterocycles. The van der Waals surface area contributed by atoms with Gasteiger partial charge in [-0.3, -0.25) is 9.13 Å². The van der Waals surface area contributed by atoms with Gasteiger partial charge in [0.1, 0.15) is 0 Å². The third kappa shape index (κ3) is 5.61. The molecule has 0 aliphatic rings. The first-order chi connectivity index (χ1) is 10.4. The van der Waals surface area contributed by atoms with E-state index in [1.165, 1.54) is 11.9 Å². The SMILES string of the molecule is [2H]C([2H])([2H])C([2H])([2H])CCCN(C)CCC(O)(P(=O)(O)O)P(=O)(O)O. The molecule has 0 unspecified atom stereocenters. The van der Waals surface area contributed by atoms with Crippen LogP contribution in [0.25, 0.3) is 0 Å². The van der Waals surface area contributed by atoms with Crippen molar-refractivity contribution in [2.24, 2.45) is 0 Å². The molecule has 0 rings (SSSR count). The average molecular weight is 324 g/mol. The lowest BCUT2D eigenvalue weighted by atomic mass is 10.2. The molecule has 0 fully saturated rings. The molecule has 0 aromatic carbocycles. The molecule has 0 saturated heterocycles. The Morgan fingerprint density at radius 1 is 1.16 bits per heavy atom. The highest BCUT2D eigenvalue weighted by molar-refractivity contribution is 7.72. The minimum Gasteiger partial charge on any atom is -0.367 e. The van der Waals surface area contributed by atoms with Crippen molar-refractivity contribution in [1.82, 2.24) is 4.90 Å². The van der Waals surface area contributed by atoms with Crippen molar-refractivity contribution in [3.05, 3.63) is 0 Å². The Morgan fingerprint density at radius 2 is 1.68 bits per heavy atom. The Hall–Kier alpha value is 0.220. The van der Waals surface area contributed by atoms with Crippen LogP contribution in [-0.2, 0) is 9.13 Å². The summed E-state index contributed by atoms with van der Waals surface area (Å²) in [6.45, 7) is -2.98. The van der Waals surface area contributed by atoms with Gasteiger partial charge in [-0.05, 0) is 20.0 Å². The lowest BCUT2D eigenvalue weighted by molar-refractivity contribution is 0.112. The molecule has 0 amide bonds. The monoisotopic (exact) mass is 324 g/mol. The van der Waals surface area contributed by atoms with Crippen LogP contribution in [0, 0.1) is 0 Å². The van der Waals surface area contributed by atoms with Crippen LogP contribution >= 0.6 is 15.2 Å². The zero-order valence-electron chi connectivity index (χ0n) is 15.4. The van der Waals surface area contributed by atoms with Gasteiger partial charge in [-0.1, -0.05) is 19.6 Å². The Morgan fingerprint density at radius 3 is 2.11 bits per heavy atom. The summed E-state index contributed by atoms with van der Waals surface area (Å²) in [5, 5.41) is 6.21. The quantitative estimate of drug-likeness (QED) is 0.386. The molecule has 116 valence electrons. The van der Waals surface area contributed by atoms with Gasteiger partial charge in [0, 0.05) is 19.8 Å². The fourth-order valence-electron chi connectivity index (χ4n) is 1.35. The van der Waals surface area contributed by atoms with Crippen molar-refractivity contribution in [3.63, 3.8) is 0 Å². The first-order valence-electron chi connectivity index (χ1n) is 7.87. The summed E-state index contributed by atoms with van der Waals surface area (Å²) in [6, 6.07) is 0. The van der Waals surface area contributed by atoms with Gasteiger partial charge in [-0.25, -0.2) is 0 Å². The van der Waals surface area contributed by atoms with Crippen LogP contribution in [-0.4, -0.2) is 54.8 Å². The lowest BCUT2D eigenvalue weighted by Gasteiger charge is -2.30. The number of hydrogen-bond donors (Lipinski definition) is 5. The zero-order chi connectivity index (χ0) is 19.6. The molecule has 0 aromatic heterocycles. The highest BCUT2D eigenvalue weighted by Gasteiger charge is 2.58. The number of rotatable bonds is 9. The van der Waals surface area contributed by atoms with Gasteiger partial charge in [-0.15, -0.1) is 0 Å². The normalized spacial score (nSPS) is 19.4. The predicted octanol–water partition coefficient (Wildman–Crippen LogP) is 0.500. The molecular weight excluding hydrogens is 296 g/mol. The molecule has 19 heavy (non-hydrogen) atoms. The van der Waals surface area contributed by atoms with Crippen LogP contribution in [0.15, 0.2) is 0 Å². The number of aliphatic hydroxyl groups is 1. The van der Waals surface area contributed by atoms with Crippen molar-refractivity contribution in [2.45, 2.75) is 37.6 Å². The maximum absolute atomic E-state index is 11.2. The molecule has 0 bridgehead atoms. The average Bonchev–Trinajstić information content (AvgIpc) is 2.31. The molecule has 0 radical (unpaired) electrons. The van der Waals surface area contributed by atoms with E-state index in [1.807, 2.05) is 0 Å². The Kier molecular flexibility index (Phi) is 4.54. The minimum absolute atomic E-state index is 0.0894. The van der Waals surface area contributed by atoms with Gasteiger partial charge < -0.3 is 29.6 Å². The van der Waals surface area contributed by atoms with E-state index in [2.05, 4.69) is 0 Å². The summed E-state index contributed by atoms with van der Waals surface area (Å²) in [6.07, 6.45) is -3.52. The van der Waals surface area contributed by atoms with Gasteiger partial charge in [0.05, 0.1) is 0 Å². The topological polar surface area (TPSA) is 139 Å². The fourth-order valence-corrected chi connectivity index (χ4v) is 3.49. The van der Waals surface area contributed by atoms with Gasteiger partial charge in [-0.2, -0.15) is 0 Å². The predicted molar refractivity (Wildman–Crippen MR) is 70.7 cm³/mol. The summed E-state index contributed by atoms with van der Waals surface area (Å²) in [4.78, 5) is 37.3. The van der Waals surface area contributed by atoms with Crippen LogP contribution < -0.4 is 0 Å². The van der Waals surface area contributed by atoms with Gasteiger partial charge in [0.2, 0.25) is 0 Å². The number of hydrogen-bond acceptors (Lipinski definition) is 4. The summed E-state index contributed by atoms with van der Waals surface area (Å²) in [5.41, 5.74) is 0. The van der Waals surface area contributed by atoms with Crippen molar-refractivity contribution < 1.29 is 40.7 Å². The maximum Gasteiger partial charge on any atom is 0.369 e. The van der Waals surface area contributed by atoms with Gasteiger partial charge >= 0.3 is 15.2 Å². The van der Waals surface area contributed by atoms with Crippen molar-refractivity contribution >= 4 is 15.2 Å². The molecule has 0 atom stereocenters. The van der Waals surface area contributed by atoms with E-state index < -0.39 is 39.9 Å². The standard InChI is InChI=1S/C9H23NO7P2/c1-3-4-5-7-10(2)8-6-9(11,18(12,13)14)19(15,16)17/h11H,3-8H2,1-2H3,(H2,12,13,14)(H2,15,16,17)/i1D3,3D2. The van der Waals surface area contributed by atoms with Crippen LogP contribution in [0.1, 0.15) is 39.3 Å². The molecule has 0 aromatic rings. The van der Waals surface area contributed by atoms with Crippen LogP contribution in [0.4, 0.5) is 0 Å². The van der Waals surface area contributed by atoms with Crippen molar-refractivity contribution in [2.75, 3.05) is 20.1 Å². The van der Waals surface area contributed by atoms with E-state index in [0.29, 0.717) is 0 Å². The lowest BCUT2D eigenvalue weighted by Crippen LogP contribution is -2.34. The number of nitrogens with zero attached hydrogens (tertiary/aromatic N) is 1.